The van der Waals surface area contributed by atoms with E-state index in [4.69, 9.17) is 9.84 Å². The summed E-state index contributed by atoms with van der Waals surface area (Å²) in [4.78, 5) is 18.0. The van der Waals surface area contributed by atoms with E-state index in [2.05, 4.69) is 16.8 Å². The number of aliphatic hydroxyl groups excluding tert-OH is 1. The van der Waals surface area contributed by atoms with Gasteiger partial charge in [-0.2, -0.15) is 0 Å². The largest absolute Gasteiger partial charge is 0.395 e. The Bertz CT molecular complexity index is 482. The molecule has 1 aromatic rings. The molecule has 0 atom stereocenters. The third kappa shape index (κ3) is 3.78. The lowest BCUT2D eigenvalue weighted by Gasteiger charge is -2.26. The van der Waals surface area contributed by atoms with E-state index in [1.165, 1.54) is 0 Å². The molecule has 5 nitrogen and oxygen atoms in total. The number of ether oxygens (including phenoxy) is 1. The topological polar surface area (TPSA) is 62.7 Å². The molecule has 0 unspecified atom stereocenters. The van der Waals surface area contributed by atoms with Gasteiger partial charge >= 0.3 is 0 Å². The summed E-state index contributed by atoms with van der Waals surface area (Å²) in [7, 11) is 0. The summed E-state index contributed by atoms with van der Waals surface area (Å²) in [6.45, 7) is 2.43. The highest BCUT2D eigenvalue weighted by atomic mass is 16.5. The lowest BCUT2D eigenvalue weighted by molar-refractivity contribution is 0.0299. The molecule has 19 heavy (non-hydrogen) atoms. The van der Waals surface area contributed by atoms with E-state index >= 15 is 0 Å². The molecular weight excluding hydrogens is 244 g/mol. The highest BCUT2D eigenvalue weighted by Crippen LogP contribution is 2.06. The highest BCUT2D eigenvalue weighted by Gasteiger charge is 2.19. The van der Waals surface area contributed by atoms with E-state index in [1.54, 1.807) is 23.2 Å². The monoisotopic (exact) mass is 260 g/mol. The third-order valence-electron chi connectivity index (χ3n) is 2.75. The number of amides is 1. The van der Waals surface area contributed by atoms with Crippen LogP contribution in [0, 0.1) is 11.8 Å². The van der Waals surface area contributed by atoms with Crippen LogP contribution < -0.4 is 0 Å². The van der Waals surface area contributed by atoms with Crippen molar-refractivity contribution >= 4 is 5.91 Å². The zero-order chi connectivity index (χ0) is 13.5. The van der Waals surface area contributed by atoms with Gasteiger partial charge in [-0.15, -0.1) is 0 Å². The first-order valence-corrected chi connectivity index (χ1v) is 6.24. The van der Waals surface area contributed by atoms with E-state index in [9.17, 15) is 4.79 Å². The van der Waals surface area contributed by atoms with Gasteiger partial charge in [0.25, 0.3) is 5.91 Å². The Labute approximate surface area is 112 Å². The van der Waals surface area contributed by atoms with Crippen molar-refractivity contribution in [2.75, 3.05) is 32.9 Å². The zero-order valence-corrected chi connectivity index (χ0v) is 10.6. The van der Waals surface area contributed by atoms with E-state index in [0.717, 1.165) is 5.56 Å². The molecule has 1 fully saturated rings. The Kier molecular flexibility index (Phi) is 4.90. The number of carbonyl (C=O) groups is 1. The molecule has 5 heteroatoms. The lowest BCUT2D eigenvalue weighted by atomic mass is 10.2. The number of morpholine rings is 1. The van der Waals surface area contributed by atoms with Crippen LogP contribution in [0.25, 0.3) is 0 Å². The van der Waals surface area contributed by atoms with Crippen LogP contribution in [0.4, 0.5) is 0 Å². The first-order chi connectivity index (χ1) is 9.31. The average Bonchev–Trinajstić information content (AvgIpc) is 2.48. The fourth-order valence-corrected chi connectivity index (χ4v) is 1.74. The first kappa shape index (κ1) is 13.5. The number of carbonyl (C=O) groups excluding carboxylic acids is 1. The molecule has 1 N–H and O–H groups in total. The molecule has 1 amide bonds. The highest BCUT2D eigenvalue weighted by molar-refractivity contribution is 5.92. The predicted octanol–water partition coefficient (Wildman–Crippen LogP) is 0.288. The summed E-state index contributed by atoms with van der Waals surface area (Å²) in [6.07, 6.45) is 2.02. The van der Waals surface area contributed by atoms with Gasteiger partial charge in [-0.05, 0) is 12.1 Å². The quantitative estimate of drug-likeness (QED) is 0.776. The minimum absolute atomic E-state index is 0.0496. The summed E-state index contributed by atoms with van der Waals surface area (Å²) in [5.74, 6) is 5.61. The van der Waals surface area contributed by atoms with Crippen molar-refractivity contribution in [2.45, 2.75) is 6.42 Å². The molecule has 0 saturated carbocycles. The second-order valence-electron chi connectivity index (χ2n) is 4.11. The van der Waals surface area contributed by atoms with Crippen LogP contribution >= 0.6 is 0 Å². The molecule has 1 aromatic heterocycles. The van der Waals surface area contributed by atoms with Gasteiger partial charge in [0.15, 0.2) is 0 Å². The molecule has 1 aliphatic heterocycles. The van der Waals surface area contributed by atoms with E-state index in [1.807, 2.05) is 0 Å². The van der Waals surface area contributed by atoms with Crippen LogP contribution in [-0.4, -0.2) is 53.8 Å². The summed E-state index contributed by atoms with van der Waals surface area (Å²) >= 11 is 0. The van der Waals surface area contributed by atoms with Crippen molar-refractivity contribution in [1.82, 2.24) is 9.88 Å². The Balaban J connectivity index is 2.01. The van der Waals surface area contributed by atoms with E-state index in [0.29, 0.717) is 38.4 Å². The third-order valence-corrected chi connectivity index (χ3v) is 2.75. The number of aromatic nitrogens is 1. The van der Waals surface area contributed by atoms with Crippen molar-refractivity contribution < 1.29 is 14.6 Å². The van der Waals surface area contributed by atoms with Gasteiger partial charge in [-0.3, -0.25) is 4.79 Å². The predicted molar refractivity (Wildman–Crippen MR) is 69.5 cm³/mol. The molecule has 0 bridgehead atoms. The van der Waals surface area contributed by atoms with Crippen LogP contribution in [-0.2, 0) is 4.74 Å². The maximum Gasteiger partial charge on any atom is 0.272 e. The fraction of sp³-hybridized carbons (Fsp3) is 0.429. The second kappa shape index (κ2) is 6.88. The molecular formula is C14H16N2O3. The van der Waals surface area contributed by atoms with Gasteiger partial charge in [0.1, 0.15) is 5.69 Å². The van der Waals surface area contributed by atoms with Crippen LogP contribution in [0.3, 0.4) is 0 Å². The Morgan fingerprint density at radius 1 is 1.42 bits per heavy atom. The normalized spacial score (nSPS) is 14.7. The van der Waals surface area contributed by atoms with E-state index < -0.39 is 0 Å². The molecule has 1 saturated heterocycles. The van der Waals surface area contributed by atoms with Gasteiger partial charge < -0.3 is 14.7 Å². The summed E-state index contributed by atoms with van der Waals surface area (Å²) in [6, 6.07) is 3.45. The molecule has 0 aliphatic carbocycles. The Hall–Kier alpha value is -1.90. The van der Waals surface area contributed by atoms with Gasteiger partial charge in [0.2, 0.25) is 0 Å². The van der Waals surface area contributed by atoms with Gasteiger partial charge in [0, 0.05) is 31.3 Å². The summed E-state index contributed by atoms with van der Waals surface area (Å²) < 4.78 is 5.21. The average molecular weight is 260 g/mol. The van der Waals surface area contributed by atoms with Crippen molar-refractivity contribution in [3.63, 3.8) is 0 Å². The second-order valence-corrected chi connectivity index (χ2v) is 4.11. The minimum atomic E-state index is -0.0711. The van der Waals surface area contributed by atoms with Crippen LogP contribution in [0.1, 0.15) is 22.5 Å². The molecule has 0 spiro atoms. The van der Waals surface area contributed by atoms with Gasteiger partial charge in [-0.1, -0.05) is 11.8 Å². The fourth-order valence-electron chi connectivity index (χ4n) is 1.74. The Morgan fingerprint density at radius 2 is 2.21 bits per heavy atom. The molecule has 100 valence electrons. The summed E-state index contributed by atoms with van der Waals surface area (Å²) in [5, 5.41) is 8.63. The molecule has 0 radical (unpaired) electrons. The zero-order valence-electron chi connectivity index (χ0n) is 10.6. The molecule has 2 heterocycles. The smallest absolute Gasteiger partial charge is 0.272 e. The number of rotatable bonds is 2. The van der Waals surface area contributed by atoms with Crippen LogP contribution in [0.15, 0.2) is 18.3 Å². The van der Waals surface area contributed by atoms with Crippen LogP contribution in [0.5, 0.6) is 0 Å². The molecule has 2 rings (SSSR count). The van der Waals surface area contributed by atoms with Crippen molar-refractivity contribution in [3.05, 3.63) is 29.6 Å². The maximum absolute atomic E-state index is 12.1. The number of aliphatic hydroxyl groups is 1. The standard InChI is InChI=1S/C14H16N2O3/c17-8-2-1-3-12-4-5-13(15-11-12)14(18)16-6-9-19-10-7-16/h4-5,11,17H,2,6-10H2. The number of hydrogen-bond donors (Lipinski definition) is 1. The lowest BCUT2D eigenvalue weighted by Crippen LogP contribution is -2.41. The van der Waals surface area contributed by atoms with Gasteiger partial charge in [-0.25, -0.2) is 4.98 Å². The van der Waals surface area contributed by atoms with Gasteiger partial charge in [0.05, 0.1) is 19.8 Å². The van der Waals surface area contributed by atoms with Crippen molar-refractivity contribution in [3.8, 4) is 11.8 Å². The van der Waals surface area contributed by atoms with Crippen LogP contribution in [0.2, 0.25) is 0 Å². The summed E-state index contributed by atoms with van der Waals surface area (Å²) in [5.41, 5.74) is 1.17. The maximum atomic E-state index is 12.1. The van der Waals surface area contributed by atoms with Crippen molar-refractivity contribution in [1.29, 1.82) is 0 Å². The number of nitrogens with zero attached hydrogens (tertiary/aromatic N) is 2. The SMILES string of the molecule is O=C(c1ccc(C#CCCO)cn1)N1CCOCC1. The number of pyridine rings is 1. The number of hydrogen-bond acceptors (Lipinski definition) is 4. The van der Waals surface area contributed by atoms with Crippen molar-refractivity contribution in [2.24, 2.45) is 0 Å². The van der Waals surface area contributed by atoms with E-state index in [-0.39, 0.29) is 12.5 Å². The Morgan fingerprint density at radius 3 is 2.84 bits per heavy atom. The first-order valence-electron chi connectivity index (χ1n) is 6.24. The molecule has 0 aromatic carbocycles. The minimum Gasteiger partial charge on any atom is -0.395 e. The molecule has 1 aliphatic rings.